The molecule has 0 aromatic rings. The maximum atomic E-state index is 10.9. The number of nitrogens with two attached hydrogens (primary N) is 1. The van der Waals surface area contributed by atoms with Crippen LogP contribution in [0.2, 0.25) is 0 Å². The Morgan fingerprint density at radius 2 is 1.88 bits per heavy atom. The van der Waals surface area contributed by atoms with Crippen molar-refractivity contribution in [2.45, 2.75) is 59.4 Å². The zero-order chi connectivity index (χ0) is 13.5. The highest BCUT2D eigenvalue weighted by Gasteiger charge is 2.23. The third-order valence-electron chi connectivity index (χ3n) is 3.49. The van der Waals surface area contributed by atoms with E-state index in [4.69, 9.17) is 5.84 Å². The first kappa shape index (κ1) is 16.4. The molecular weight excluding hydrogens is 214 g/mol. The van der Waals surface area contributed by atoms with Gasteiger partial charge in [0.2, 0.25) is 5.91 Å². The van der Waals surface area contributed by atoms with E-state index in [9.17, 15) is 4.79 Å². The van der Waals surface area contributed by atoms with Gasteiger partial charge >= 0.3 is 0 Å². The lowest BCUT2D eigenvalue weighted by Crippen LogP contribution is -2.39. The second kappa shape index (κ2) is 7.67. The molecule has 3 N–H and O–H groups in total. The molecule has 17 heavy (non-hydrogen) atoms. The van der Waals surface area contributed by atoms with Crippen LogP contribution in [0.5, 0.6) is 0 Å². The number of rotatable bonds is 7. The maximum absolute atomic E-state index is 10.9. The topological polar surface area (TPSA) is 58.4 Å². The van der Waals surface area contributed by atoms with Crippen LogP contribution in [0.15, 0.2) is 0 Å². The van der Waals surface area contributed by atoms with E-state index in [1.807, 2.05) is 0 Å². The molecule has 1 unspecified atom stereocenters. The molecular formula is C13H29N3O. The minimum absolute atomic E-state index is 0.0681. The van der Waals surface area contributed by atoms with Gasteiger partial charge in [0.1, 0.15) is 0 Å². The zero-order valence-corrected chi connectivity index (χ0v) is 12.0. The second-order valence-electron chi connectivity index (χ2n) is 5.90. The van der Waals surface area contributed by atoms with Gasteiger partial charge in [-0.2, -0.15) is 0 Å². The summed E-state index contributed by atoms with van der Waals surface area (Å²) in [5.74, 6) is 4.95. The minimum Gasteiger partial charge on any atom is -0.303 e. The summed E-state index contributed by atoms with van der Waals surface area (Å²) in [6, 6.07) is 0.565. The number of carbonyl (C=O) groups is 1. The molecule has 0 aliphatic heterocycles. The van der Waals surface area contributed by atoms with Gasteiger partial charge < -0.3 is 4.90 Å². The summed E-state index contributed by atoms with van der Waals surface area (Å²) in [6.45, 7) is 10.1. The van der Waals surface area contributed by atoms with E-state index >= 15 is 0 Å². The molecule has 0 heterocycles. The Kier molecular flexibility index (Phi) is 7.39. The van der Waals surface area contributed by atoms with E-state index in [1.165, 1.54) is 0 Å². The van der Waals surface area contributed by atoms with Crippen molar-refractivity contribution >= 4 is 5.91 Å². The van der Waals surface area contributed by atoms with E-state index in [0.29, 0.717) is 17.9 Å². The maximum Gasteiger partial charge on any atom is 0.233 e. The van der Waals surface area contributed by atoms with Gasteiger partial charge in [-0.15, -0.1) is 0 Å². The van der Waals surface area contributed by atoms with Crippen LogP contribution >= 0.6 is 0 Å². The standard InChI is InChI=1S/C13H29N3O/c1-11(13(2,3)4)16(5)10-8-6-7-9-12(17)15-14/h11H,6-10,14H2,1-5H3,(H,15,17). The number of unbranched alkanes of at least 4 members (excludes halogenated alkanes) is 2. The molecule has 0 spiro atoms. The average molecular weight is 243 g/mol. The minimum atomic E-state index is -0.0681. The quantitative estimate of drug-likeness (QED) is 0.311. The Bertz CT molecular complexity index is 223. The monoisotopic (exact) mass is 243 g/mol. The smallest absolute Gasteiger partial charge is 0.233 e. The van der Waals surface area contributed by atoms with Crippen LogP contribution < -0.4 is 11.3 Å². The molecule has 0 rings (SSSR count). The number of carbonyl (C=O) groups excluding carboxylic acids is 1. The summed E-state index contributed by atoms with van der Waals surface area (Å²) in [7, 11) is 2.17. The fourth-order valence-corrected chi connectivity index (χ4v) is 1.75. The van der Waals surface area contributed by atoms with Gasteiger partial charge in [0.05, 0.1) is 0 Å². The van der Waals surface area contributed by atoms with Crippen LogP contribution in [0.3, 0.4) is 0 Å². The van der Waals surface area contributed by atoms with Crippen molar-refractivity contribution in [3.63, 3.8) is 0 Å². The van der Waals surface area contributed by atoms with Gasteiger partial charge in [-0.3, -0.25) is 10.2 Å². The molecule has 0 aromatic heterocycles. The van der Waals surface area contributed by atoms with Gasteiger partial charge in [-0.25, -0.2) is 5.84 Å². The SMILES string of the molecule is CC(N(C)CCCCCC(=O)NN)C(C)(C)C. The molecule has 102 valence electrons. The van der Waals surface area contributed by atoms with Crippen LogP contribution in [0.4, 0.5) is 0 Å². The molecule has 0 aliphatic carbocycles. The largest absolute Gasteiger partial charge is 0.303 e. The number of amides is 1. The summed E-state index contributed by atoms with van der Waals surface area (Å²) >= 11 is 0. The third-order valence-corrected chi connectivity index (χ3v) is 3.49. The number of nitrogens with one attached hydrogen (secondary N) is 1. The van der Waals surface area contributed by atoms with Crippen molar-refractivity contribution in [1.82, 2.24) is 10.3 Å². The molecule has 0 bridgehead atoms. The first-order chi connectivity index (χ1) is 7.79. The van der Waals surface area contributed by atoms with E-state index < -0.39 is 0 Å². The molecule has 0 fully saturated rings. The Morgan fingerprint density at radius 1 is 1.29 bits per heavy atom. The summed E-state index contributed by atoms with van der Waals surface area (Å²) in [5.41, 5.74) is 2.47. The fraction of sp³-hybridized carbons (Fsp3) is 0.923. The molecule has 4 nitrogen and oxygen atoms in total. The molecule has 0 saturated carbocycles. The second-order valence-corrected chi connectivity index (χ2v) is 5.90. The van der Waals surface area contributed by atoms with Gasteiger partial charge in [-0.05, 0) is 38.8 Å². The predicted octanol–water partition coefficient (Wildman–Crippen LogP) is 1.90. The summed E-state index contributed by atoms with van der Waals surface area (Å²) < 4.78 is 0. The van der Waals surface area contributed by atoms with E-state index in [-0.39, 0.29) is 5.91 Å². The van der Waals surface area contributed by atoms with Crippen LogP contribution in [0.25, 0.3) is 0 Å². The van der Waals surface area contributed by atoms with Gasteiger partial charge in [0, 0.05) is 12.5 Å². The first-order valence-electron chi connectivity index (χ1n) is 6.48. The Hall–Kier alpha value is -0.610. The normalized spacial score (nSPS) is 13.8. The Morgan fingerprint density at radius 3 is 2.35 bits per heavy atom. The van der Waals surface area contributed by atoms with Crippen molar-refractivity contribution in [2.75, 3.05) is 13.6 Å². The van der Waals surface area contributed by atoms with Gasteiger partial charge in [0.15, 0.2) is 0 Å². The van der Waals surface area contributed by atoms with E-state index in [2.05, 4.69) is 45.1 Å². The lowest BCUT2D eigenvalue weighted by molar-refractivity contribution is -0.121. The third kappa shape index (κ3) is 7.34. The predicted molar refractivity (Wildman–Crippen MR) is 72.3 cm³/mol. The molecule has 1 amide bonds. The first-order valence-corrected chi connectivity index (χ1v) is 6.48. The number of nitrogens with zero attached hydrogens (tertiary/aromatic N) is 1. The lowest BCUT2D eigenvalue weighted by Gasteiger charge is -2.35. The van der Waals surface area contributed by atoms with E-state index in [0.717, 1.165) is 25.8 Å². The summed E-state index contributed by atoms with van der Waals surface area (Å²) in [5, 5.41) is 0. The van der Waals surface area contributed by atoms with Crippen LogP contribution in [-0.2, 0) is 4.79 Å². The molecule has 1 atom stereocenters. The fourth-order valence-electron chi connectivity index (χ4n) is 1.75. The van der Waals surface area contributed by atoms with E-state index in [1.54, 1.807) is 0 Å². The number of hydrazine groups is 1. The van der Waals surface area contributed by atoms with Gasteiger partial charge in [0.25, 0.3) is 0 Å². The van der Waals surface area contributed by atoms with Crippen molar-refractivity contribution in [2.24, 2.45) is 11.3 Å². The summed E-state index contributed by atoms with van der Waals surface area (Å²) in [4.78, 5) is 13.3. The van der Waals surface area contributed by atoms with Crippen molar-refractivity contribution in [1.29, 1.82) is 0 Å². The summed E-state index contributed by atoms with van der Waals surface area (Å²) in [6.07, 6.45) is 3.67. The molecule has 0 radical (unpaired) electrons. The molecule has 4 heteroatoms. The highest BCUT2D eigenvalue weighted by Crippen LogP contribution is 2.23. The average Bonchev–Trinajstić information content (AvgIpc) is 2.25. The molecule has 0 saturated heterocycles. The number of hydrogen-bond donors (Lipinski definition) is 2. The van der Waals surface area contributed by atoms with Crippen LogP contribution in [-0.4, -0.2) is 30.4 Å². The molecule has 0 aliphatic rings. The Balaban J connectivity index is 3.65. The van der Waals surface area contributed by atoms with Crippen molar-refractivity contribution < 1.29 is 4.79 Å². The lowest BCUT2D eigenvalue weighted by atomic mass is 9.87. The van der Waals surface area contributed by atoms with Crippen molar-refractivity contribution in [3.8, 4) is 0 Å². The van der Waals surface area contributed by atoms with Crippen LogP contribution in [0.1, 0.15) is 53.4 Å². The molecule has 0 aromatic carbocycles. The van der Waals surface area contributed by atoms with Gasteiger partial charge in [-0.1, -0.05) is 27.2 Å². The zero-order valence-electron chi connectivity index (χ0n) is 12.0. The number of hydrogen-bond acceptors (Lipinski definition) is 3. The Labute approximate surface area is 106 Å². The van der Waals surface area contributed by atoms with Crippen LogP contribution in [0, 0.1) is 5.41 Å². The van der Waals surface area contributed by atoms with Crippen molar-refractivity contribution in [3.05, 3.63) is 0 Å². The highest BCUT2D eigenvalue weighted by molar-refractivity contribution is 5.74. The highest BCUT2D eigenvalue weighted by atomic mass is 16.2.